The van der Waals surface area contributed by atoms with Crippen LogP contribution < -0.4 is 10.6 Å². The fraction of sp³-hybridized carbons (Fsp3) is 0.889. The van der Waals surface area contributed by atoms with Crippen molar-refractivity contribution < 1.29 is 9.90 Å². The zero-order chi connectivity index (χ0) is 10.3. The van der Waals surface area contributed by atoms with Gasteiger partial charge in [0.15, 0.2) is 0 Å². The largest absolute Gasteiger partial charge is 0.396 e. The highest BCUT2D eigenvalue weighted by Crippen LogP contribution is 1.96. The molecule has 4 heteroatoms. The van der Waals surface area contributed by atoms with Crippen LogP contribution in [0.25, 0.3) is 0 Å². The summed E-state index contributed by atoms with van der Waals surface area (Å²) in [4.78, 5) is 11.1. The van der Waals surface area contributed by atoms with Crippen LogP contribution in [0.1, 0.15) is 20.8 Å². The van der Waals surface area contributed by atoms with E-state index in [1.165, 1.54) is 0 Å². The SMILES string of the molecule is CC.CC(CO)C(=O)NC1CNC1. The Balaban J connectivity index is 0.000000671. The molecule has 1 fully saturated rings. The monoisotopic (exact) mass is 188 g/mol. The Labute approximate surface area is 79.7 Å². The summed E-state index contributed by atoms with van der Waals surface area (Å²) in [6, 6.07) is 0.275. The van der Waals surface area contributed by atoms with E-state index in [0.717, 1.165) is 13.1 Å². The maximum absolute atomic E-state index is 11.1. The van der Waals surface area contributed by atoms with E-state index in [2.05, 4.69) is 10.6 Å². The van der Waals surface area contributed by atoms with Gasteiger partial charge in [-0.3, -0.25) is 4.79 Å². The molecular formula is C9H20N2O2. The summed E-state index contributed by atoms with van der Waals surface area (Å²) in [5, 5.41) is 14.5. The third-order valence-corrected chi connectivity index (χ3v) is 1.85. The molecule has 1 rings (SSSR count). The lowest BCUT2D eigenvalue weighted by atomic mass is 10.1. The lowest BCUT2D eigenvalue weighted by molar-refractivity contribution is -0.126. The second-order valence-corrected chi connectivity index (χ2v) is 2.95. The minimum Gasteiger partial charge on any atom is -0.396 e. The van der Waals surface area contributed by atoms with Crippen molar-refractivity contribution in [2.75, 3.05) is 19.7 Å². The Morgan fingerprint density at radius 3 is 2.46 bits per heavy atom. The first-order valence-electron chi connectivity index (χ1n) is 4.86. The third-order valence-electron chi connectivity index (χ3n) is 1.85. The van der Waals surface area contributed by atoms with E-state index in [0.29, 0.717) is 0 Å². The van der Waals surface area contributed by atoms with Gasteiger partial charge in [-0.15, -0.1) is 0 Å². The third kappa shape index (κ3) is 4.24. The van der Waals surface area contributed by atoms with Gasteiger partial charge in [-0.2, -0.15) is 0 Å². The van der Waals surface area contributed by atoms with E-state index in [4.69, 9.17) is 5.11 Å². The molecule has 0 bridgehead atoms. The van der Waals surface area contributed by atoms with Crippen LogP contribution >= 0.6 is 0 Å². The van der Waals surface area contributed by atoms with E-state index < -0.39 is 0 Å². The second-order valence-electron chi connectivity index (χ2n) is 2.95. The predicted molar refractivity (Wildman–Crippen MR) is 52.4 cm³/mol. The summed E-state index contributed by atoms with van der Waals surface area (Å²) in [6.45, 7) is 7.33. The van der Waals surface area contributed by atoms with Gasteiger partial charge in [-0.25, -0.2) is 0 Å². The fourth-order valence-electron chi connectivity index (χ4n) is 0.817. The first-order chi connectivity index (χ1) is 6.24. The number of nitrogens with one attached hydrogen (secondary N) is 2. The summed E-state index contributed by atoms with van der Waals surface area (Å²) in [5.74, 6) is -0.338. The number of carbonyl (C=O) groups excluding carboxylic acids is 1. The quantitative estimate of drug-likeness (QED) is 0.571. The van der Waals surface area contributed by atoms with Crippen LogP contribution in [0.2, 0.25) is 0 Å². The molecule has 4 nitrogen and oxygen atoms in total. The van der Waals surface area contributed by atoms with Crippen molar-refractivity contribution in [2.45, 2.75) is 26.8 Å². The summed E-state index contributed by atoms with van der Waals surface area (Å²) in [5.41, 5.74) is 0. The van der Waals surface area contributed by atoms with E-state index in [9.17, 15) is 4.79 Å². The molecule has 1 saturated heterocycles. The van der Waals surface area contributed by atoms with Gasteiger partial charge in [-0.05, 0) is 0 Å². The van der Waals surface area contributed by atoms with Crippen LogP contribution in [0, 0.1) is 5.92 Å². The van der Waals surface area contributed by atoms with Crippen molar-refractivity contribution in [3.05, 3.63) is 0 Å². The average Bonchev–Trinajstić information content (AvgIpc) is 2.13. The molecule has 0 spiro atoms. The van der Waals surface area contributed by atoms with Gasteiger partial charge in [0.1, 0.15) is 0 Å². The standard InChI is InChI=1S/C7H14N2O2.C2H6/c1-5(4-10)7(11)9-6-2-8-3-6;1-2/h5-6,8,10H,2-4H2,1H3,(H,9,11);1-2H3. The van der Waals surface area contributed by atoms with Crippen LogP contribution in [0.5, 0.6) is 0 Å². The molecule has 1 amide bonds. The van der Waals surface area contributed by atoms with Gasteiger partial charge < -0.3 is 15.7 Å². The molecule has 1 atom stereocenters. The molecule has 78 valence electrons. The molecule has 1 aliphatic heterocycles. The first-order valence-corrected chi connectivity index (χ1v) is 4.86. The Morgan fingerprint density at radius 1 is 1.62 bits per heavy atom. The summed E-state index contributed by atoms with van der Waals surface area (Å²) in [6.07, 6.45) is 0. The summed E-state index contributed by atoms with van der Waals surface area (Å²) < 4.78 is 0. The van der Waals surface area contributed by atoms with E-state index in [1.54, 1.807) is 6.92 Å². The van der Waals surface area contributed by atoms with Gasteiger partial charge in [0.05, 0.1) is 18.6 Å². The predicted octanol–water partition coefficient (Wildman–Crippen LogP) is -0.271. The van der Waals surface area contributed by atoms with Crippen LogP contribution in [0.3, 0.4) is 0 Å². The number of rotatable bonds is 3. The van der Waals surface area contributed by atoms with Crippen LogP contribution in [-0.4, -0.2) is 36.8 Å². The zero-order valence-corrected chi connectivity index (χ0v) is 8.63. The highest BCUT2D eigenvalue weighted by Gasteiger charge is 2.21. The molecule has 0 aromatic heterocycles. The van der Waals surface area contributed by atoms with Crippen molar-refractivity contribution in [3.63, 3.8) is 0 Å². The van der Waals surface area contributed by atoms with E-state index >= 15 is 0 Å². The fourth-order valence-corrected chi connectivity index (χ4v) is 0.817. The average molecular weight is 188 g/mol. The molecule has 0 aliphatic carbocycles. The highest BCUT2D eigenvalue weighted by molar-refractivity contribution is 5.78. The van der Waals surface area contributed by atoms with Gasteiger partial charge in [0, 0.05) is 13.1 Å². The van der Waals surface area contributed by atoms with Crippen molar-refractivity contribution in [1.82, 2.24) is 10.6 Å². The minimum absolute atomic E-state index is 0.0565. The Hall–Kier alpha value is -0.610. The number of hydrogen-bond acceptors (Lipinski definition) is 3. The van der Waals surface area contributed by atoms with Crippen molar-refractivity contribution in [1.29, 1.82) is 0 Å². The molecule has 1 aliphatic rings. The number of carbonyl (C=O) groups is 1. The maximum Gasteiger partial charge on any atom is 0.225 e. The molecule has 0 radical (unpaired) electrons. The highest BCUT2D eigenvalue weighted by atomic mass is 16.3. The minimum atomic E-state index is -0.282. The first kappa shape index (κ1) is 12.4. The summed E-state index contributed by atoms with van der Waals surface area (Å²) in [7, 11) is 0. The number of amides is 1. The number of aliphatic hydroxyl groups is 1. The second kappa shape index (κ2) is 6.86. The van der Waals surface area contributed by atoms with E-state index in [1.807, 2.05) is 13.8 Å². The number of hydrogen-bond donors (Lipinski definition) is 3. The Morgan fingerprint density at radius 2 is 2.15 bits per heavy atom. The normalized spacial score (nSPS) is 17.8. The maximum atomic E-state index is 11.1. The lowest BCUT2D eigenvalue weighted by Gasteiger charge is -2.28. The topological polar surface area (TPSA) is 61.4 Å². The molecule has 0 saturated carbocycles. The van der Waals surface area contributed by atoms with Crippen LogP contribution in [0.4, 0.5) is 0 Å². The van der Waals surface area contributed by atoms with Crippen LogP contribution in [0.15, 0.2) is 0 Å². The molecule has 1 heterocycles. The van der Waals surface area contributed by atoms with Crippen molar-refractivity contribution in [3.8, 4) is 0 Å². The smallest absolute Gasteiger partial charge is 0.225 e. The molecular weight excluding hydrogens is 168 g/mol. The summed E-state index contributed by atoms with van der Waals surface area (Å²) >= 11 is 0. The Kier molecular flexibility index (Phi) is 6.54. The lowest BCUT2D eigenvalue weighted by Crippen LogP contribution is -2.57. The van der Waals surface area contributed by atoms with Crippen LogP contribution in [-0.2, 0) is 4.79 Å². The van der Waals surface area contributed by atoms with Crippen molar-refractivity contribution >= 4 is 5.91 Å². The molecule has 13 heavy (non-hydrogen) atoms. The van der Waals surface area contributed by atoms with Gasteiger partial charge in [0.2, 0.25) is 5.91 Å². The molecule has 0 aromatic carbocycles. The van der Waals surface area contributed by atoms with Crippen molar-refractivity contribution in [2.24, 2.45) is 5.92 Å². The van der Waals surface area contributed by atoms with E-state index in [-0.39, 0.29) is 24.5 Å². The molecule has 1 unspecified atom stereocenters. The Bertz CT molecular complexity index is 147. The molecule has 3 N–H and O–H groups in total. The molecule has 0 aromatic rings. The number of aliphatic hydroxyl groups excluding tert-OH is 1. The van der Waals surface area contributed by atoms with Gasteiger partial charge in [0.25, 0.3) is 0 Å². The van der Waals surface area contributed by atoms with Gasteiger partial charge >= 0.3 is 0 Å². The zero-order valence-electron chi connectivity index (χ0n) is 8.63. The van der Waals surface area contributed by atoms with Gasteiger partial charge in [-0.1, -0.05) is 20.8 Å².